The van der Waals surface area contributed by atoms with Gasteiger partial charge in [0.15, 0.2) is 0 Å². The molecule has 0 aliphatic carbocycles. The van der Waals surface area contributed by atoms with Crippen molar-refractivity contribution in [3.05, 3.63) is 94.2 Å². The summed E-state index contributed by atoms with van der Waals surface area (Å²) in [6, 6.07) is 17.0. The van der Waals surface area contributed by atoms with Crippen LogP contribution in [0.3, 0.4) is 0 Å². The molecule has 3 aromatic carbocycles. The number of benzene rings is 3. The highest BCUT2D eigenvalue weighted by molar-refractivity contribution is 9.10. The number of carbonyl (C=O) groups excluding carboxylic acids is 2. The Balaban J connectivity index is 1.74. The van der Waals surface area contributed by atoms with Crippen molar-refractivity contribution in [1.29, 1.82) is 0 Å². The van der Waals surface area contributed by atoms with E-state index in [1.54, 1.807) is 36.4 Å². The molecular formula is C24H20BrFN2O4S. The highest BCUT2D eigenvalue weighted by atomic mass is 79.9. The van der Waals surface area contributed by atoms with Crippen LogP contribution >= 0.6 is 15.9 Å². The summed E-state index contributed by atoms with van der Waals surface area (Å²) in [5.74, 6) is -1.56. The number of hydrogen-bond acceptors (Lipinski definition) is 4. The Bertz CT molecular complexity index is 1290. The molecule has 170 valence electrons. The van der Waals surface area contributed by atoms with Gasteiger partial charge in [-0.25, -0.2) is 17.7 Å². The highest BCUT2D eigenvalue weighted by Gasteiger charge is 2.47. The van der Waals surface area contributed by atoms with Crippen LogP contribution in [0.25, 0.3) is 0 Å². The van der Waals surface area contributed by atoms with Crippen LogP contribution in [0.2, 0.25) is 0 Å². The Hall–Kier alpha value is -2.88. The SMILES string of the molecule is Cc1ccc(N2C(=O)CC(N(Cc3ccc(F)cc3)S(=O)(=O)c3ccc(Br)cc3)C2=O)cc1. The molecule has 0 spiro atoms. The number of carbonyl (C=O) groups is 2. The van der Waals surface area contributed by atoms with E-state index in [0.717, 1.165) is 14.8 Å². The van der Waals surface area contributed by atoms with E-state index in [1.807, 2.05) is 6.92 Å². The van der Waals surface area contributed by atoms with Crippen LogP contribution in [0.5, 0.6) is 0 Å². The van der Waals surface area contributed by atoms with E-state index >= 15 is 0 Å². The average molecular weight is 531 g/mol. The zero-order valence-corrected chi connectivity index (χ0v) is 20.0. The largest absolute Gasteiger partial charge is 0.274 e. The first-order chi connectivity index (χ1) is 15.7. The third-order valence-electron chi connectivity index (χ3n) is 5.43. The van der Waals surface area contributed by atoms with Crippen molar-refractivity contribution in [3.63, 3.8) is 0 Å². The molecule has 0 bridgehead atoms. The van der Waals surface area contributed by atoms with Gasteiger partial charge in [0.1, 0.15) is 11.9 Å². The Morgan fingerprint density at radius 3 is 2.18 bits per heavy atom. The number of hydrogen-bond donors (Lipinski definition) is 0. The van der Waals surface area contributed by atoms with E-state index in [9.17, 15) is 22.4 Å². The fourth-order valence-corrected chi connectivity index (χ4v) is 5.51. The first kappa shape index (κ1) is 23.3. The molecule has 0 N–H and O–H groups in total. The van der Waals surface area contributed by atoms with Gasteiger partial charge in [0.05, 0.1) is 17.0 Å². The lowest BCUT2D eigenvalue weighted by molar-refractivity contribution is -0.122. The Morgan fingerprint density at radius 2 is 1.58 bits per heavy atom. The molecule has 1 unspecified atom stereocenters. The molecule has 33 heavy (non-hydrogen) atoms. The molecule has 9 heteroatoms. The minimum atomic E-state index is -4.16. The molecule has 1 saturated heterocycles. The molecule has 6 nitrogen and oxygen atoms in total. The van der Waals surface area contributed by atoms with Crippen molar-refractivity contribution in [3.8, 4) is 0 Å². The second-order valence-corrected chi connectivity index (χ2v) is 10.6. The fraction of sp³-hybridized carbons (Fsp3) is 0.167. The predicted octanol–water partition coefficient (Wildman–Crippen LogP) is 4.42. The molecular weight excluding hydrogens is 511 g/mol. The van der Waals surface area contributed by atoms with Crippen molar-refractivity contribution in [1.82, 2.24) is 4.31 Å². The number of amides is 2. The number of aryl methyl sites for hydroxylation is 1. The first-order valence-corrected chi connectivity index (χ1v) is 12.4. The van der Waals surface area contributed by atoms with Gasteiger partial charge in [-0.05, 0) is 61.0 Å². The van der Waals surface area contributed by atoms with Gasteiger partial charge in [0, 0.05) is 11.0 Å². The fourth-order valence-electron chi connectivity index (χ4n) is 3.68. The van der Waals surface area contributed by atoms with Gasteiger partial charge < -0.3 is 0 Å². The second-order valence-electron chi connectivity index (χ2n) is 7.75. The molecule has 2 amide bonds. The summed E-state index contributed by atoms with van der Waals surface area (Å²) in [7, 11) is -4.16. The van der Waals surface area contributed by atoms with Gasteiger partial charge in [0.25, 0.3) is 5.91 Å². The third-order valence-corrected chi connectivity index (χ3v) is 7.83. The van der Waals surface area contributed by atoms with Gasteiger partial charge in [-0.3, -0.25) is 9.59 Å². The van der Waals surface area contributed by atoms with Gasteiger partial charge >= 0.3 is 0 Å². The predicted molar refractivity (Wildman–Crippen MR) is 125 cm³/mol. The molecule has 4 rings (SSSR count). The minimum Gasteiger partial charge on any atom is -0.274 e. The number of sulfonamides is 1. The lowest BCUT2D eigenvalue weighted by Gasteiger charge is -2.27. The van der Waals surface area contributed by atoms with E-state index in [0.29, 0.717) is 15.7 Å². The molecule has 1 aliphatic rings. The molecule has 1 heterocycles. The number of halogens is 2. The van der Waals surface area contributed by atoms with E-state index in [4.69, 9.17) is 0 Å². The standard InChI is InChI=1S/C24H20BrFN2O4S/c1-16-2-10-20(11-3-16)28-23(29)14-22(24(28)30)27(15-17-4-8-19(26)9-5-17)33(31,32)21-12-6-18(25)7-13-21/h2-13,22H,14-15H2,1H3. The molecule has 1 aliphatic heterocycles. The molecule has 0 saturated carbocycles. The normalized spacial score (nSPS) is 16.6. The second kappa shape index (κ2) is 9.17. The highest BCUT2D eigenvalue weighted by Crippen LogP contribution is 2.31. The Kier molecular flexibility index (Phi) is 6.47. The summed E-state index contributed by atoms with van der Waals surface area (Å²) in [6.07, 6.45) is -0.288. The van der Waals surface area contributed by atoms with Crippen LogP contribution in [-0.4, -0.2) is 30.6 Å². The molecule has 0 radical (unpaired) electrons. The number of rotatable bonds is 6. The van der Waals surface area contributed by atoms with Crippen molar-refractivity contribution in [2.45, 2.75) is 30.8 Å². The summed E-state index contributed by atoms with van der Waals surface area (Å²) in [5, 5.41) is 0. The van der Waals surface area contributed by atoms with E-state index in [-0.39, 0.29) is 17.9 Å². The summed E-state index contributed by atoms with van der Waals surface area (Å²) in [5.41, 5.74) is 1.84. The van der Waals surface area contributed by atoms with E-state index < -0.39 is 33.7 Å². The van der Waals surface area contributed by atoms with Crippen LogP contribution in [-0.2, 0) is 26.2 Å². The van der Waals surface area contributed by atoms with Crippen LogP contribution in [0.15, 0.2) is 82.2 Å². The van der Waals surface area contributed by atoms with E-state index in [2.05, 4.69) is 15.9 Å². The van der Waals surface area contributed by atoms with Crippen molar-refractivity contribution in [2.75, 3.05) is 4.90 Å². The quantitative estimate of drug-likeness (QED) is 0.442. The van der Waals surface area contributed by atoms with E-state index in [1.165, 1.54) is 36.4 Å². The summed E-state index contributed by atoms with van der Waals surface area (Å²) < 4.78 is 42.3. The molecule has 1 atom stereocenters. The number of nitrogens with zero attached hydrogens (tertiary/aromatic N) is 2. The lowest BCUT2D eigenvalue weighted by Crippen LogP contribution is -2.45. The molecule has 1 fully saturated rings. The van der Waals surface area contributed by atoms with Crippen molar-refractivity contribution in [2.24, 2.45) is 0 Å². The van der Waals surface area contributed by atoms with Crippen LogP contribution in [0.1, 0.15) is 17.5 Å². The topological polar surface area (TPSA) is 74.8 Å². The van der Waals surface area contributed by atoms with Crippen LogP contribution in [0, 0.1) is 12.7 Å². The molecule has 0 aromatic heterocycles. The maximum Gasteiger partial charge on any atom is 0.252 e. The monoisotopic (exact) mass is 530 g/mol. The zero-order chi connectivity index (χ0) is 23.8. The smallest absolute Gasteiger partial charge is 0.252 e. The summed E-state index contributed by atoms with van der Waals surface area (Å²) in [6.45, 7) is 1.69. The lowest BCUT2D eigenvalue weighted by atomic mass is 10.2. The Labute approximate surface area is 199 Å². The van der Waals surface area contributed by atoms with Gasteiger partial charge in [0.2, 0.25) is 15.9 Å². The minimum absolute atomic E-state index is 0.0122. The van der Waals surface area contributed by atoms with Crippen LogP contribution in [0.4, 0.5) is 10.1 Å². The number of anilines is 1. The van der Waals surface area contributed by atoms with Crippen molar-refractivity contribution >= 4 is 43.5 Å². The summed E-state index contributed by atoms with van der Waals surface area (Å²) in [4.78, 5) is 27.2. The van der Waals surface area contributed by atoms with Crippen molar-refractivity contribution < 1.29 is 22.4 Å². The van der Waals surface area contributed by atoms with Gasteiger partial charge in [-0.15, -0.1) is 0 Å². The maximum atomic E-state index is 13.6. The first-order valence-electron chi connectivity index (χ1n) is 10.1. The average Bonchev–Trinajstić information content (AvgIpc) is 3.07. The zero-order valence-electron chi connectivity index (χ0n) is 17.6. The third kappa shape index (κ3) is 4.75. The van der Waals surface area contributed by atoms with Gasteiger partial charge in [-0.1, -0.05) is 45.8 Å². The van der Waals surface area contributed by atoms with Gasteiger partial charge in [-0.2, -0.15) is 4.31 Å². The summed E-state index contributed by atoms with van der Waals surface area (Å²) >= 11 is 3.28. The Morgan fingerprint density at radius 1 is 0.970 bits per heavy atom. The van der Waals surface area contributed by atoms with Crippen LogP contribution < -0.4 is 4.90 Å². The maximum absolute atomic E-state index is 13.6. The molecule has 3 aromatic rings. The number of imide groups is 1.